The van der Waals surface area contributed by atoms with Gasteiger partial charge in [0.25, 0.3) is 0 Å². The third-order valence-corrected chi connectivity index (χ3v) is 5.29. The van der Waals surface area contributed by atoms with Crippen molar-refractivity contribution in [3.05, 3.63) is 34.9 Å². The Hall–Kier alpha value is -1.31. The van der Waals surface area contributed by atoms with Gasteiger partial charge in [-0.3, -0.25) is 4.99 Å². The summed E-state index contributed by atoms with van der Waals surface area (Å²) in [5.41, 5.74) is 1.20. The standard InChI is InChI=1S/C17H29ClN4O2S/c1-5-25(23,24)22-10-9-20-16(19-4)21-13-17(2,3)12-14-7-6-8-15(18)11-14/h6-8,11,22H,5,9-10,12-13H2,1-4H3,(H2,19,20,21). The first-order valence-corrected chi connectivity index (χ1v) is 10.4. The summed E-state index contributed by atoms with van der Waals surface area (Å²) in [4.78, 5) is 4.16. The number of hydrogen-bond acceptors (Lipinski definition) is 3. The highest BCUT2D eigenvalue weighted by molar-refractivity contribution is 7.89. The van der Waals surface area contributed by atoms with E-state index < -0.39 is 10.0 Å². The molecular formula is C17H29ClN4O2S. The highest BCUT2D eigenvalue weighted by Crippen LogP contribution is 2.22. The number of sulfonamides is 1. The van der Waals surface area contributed by atoms with Gasteiger partial charge in [0.2, 0.25) is 10.0 Å². The first-order chi connectivity index (χ1) is 11.7. The minimum Gasteiger partial charge on any atom is -0.356 e. The maximum Gasteiger partial charge on any atom is 0.211 e. The SMILES string of the molecule is CCS(=O)(=O)NCCNC(=NC)NCC(C)(C)Cc1cccc(Cl)c1. The van der Waals surface area contributed by atoms with E-state index in [1.807, 2.05) is 18.2 Å². The molecule has 0 fully saturated rings. The number of hydrogen-bond donors (Lipinski definition) is 3. The maximum absolute atomic E-state index is 11.4. The monoisotopic (exact) mass is 388 g/mol. The second kappa shape index (κ2) is 9.99. The summed E-state index contributed by atoms with van der Waals surface area (Å²) in [7, 11) is -1.47. The van der Waals surface area contributed by atoms with E-state index in [-0.39, 0.29) is 11.2 Å². The van der Waals surface area contributed by atoms with Crippen molar-refractivity contribution in [2.45, 2.75) is 27.2 Å². The third kappa shape index (κ3) is 9.09. The van der Waals surface area contributed by atoms with Crippen molar-refractivity contribution in [2.24, 2.45) is 10.4 Å². The minimum absolute atomic E-state index is 0.00605. The van der Waals surface area contributed by atoms with Crippen LogP contribution in [0, 0.1) is 5.41 Å². The smallest absolute Gasteiger partial charge is 0.211 e. The Morgan fingerprint density at radius 3 is 2.56 bits per heavy atom. The van der Waals surface area contributed by atoms with Crippen LogP contribution in [-0.2, 0) is 16.4 Å². The molecule has 0 saturated heterocycles. The lowest BCUT2D eigenvalue weighted by molar-refractivity contribution is 0.359. The number of aliphatic imine (C=N–C) groups is 1. The molecule has 8 heteroatoms. The van der Waals surface area contributed by atoms with Crippen LogP contribution in [0.15, 0.2) is 29.3 Å². The Morgan fingerprint density at radius 1 is 1.24 bits per heavy atom. The topological polar surface area (TPSA) is 82.6 Å². The number of benzene rings is 1. The maximum atomic E-state index is 11.4. The second-order valence-corrected chi connectivity index (χ2v) is 9.15. The molecule has 1 aromatic carbocycles. The minimum atomic E-state index is -3.16. The van der Waals surface area contributed by atoms with Gasteiger partial charge in [-0.2, -0.15) is 0 Å². The summed E-state index contributed by atoms with van der Waals surface area (Å²) in [5.74, 6) is 0.729. The molecule has 6 nitrogen and oxygen atoms in total. The van der Waals surface area contributed by atoms with E-state index >= 15 is 0 Å². The first-order valence-electron chi connectivity index (χ1n) is 8.34. The quantitative estimate of drug-likeness (QED) is 0.343. The fraction of sp³-hybridized carbons (Fsp3) is 0.588. The van der Waals surface area contributed by atoms with Gasteiger partial charge in [-0.05, 0) is 36.5 Å². The molecule has 0 aliphatic rings. The molecule has 0 aliphatic carbocycles. The third-order valence-electron chi connectivity index (χ3n) is 3.65. The predicted molar refractivity (Wildman–Crippen MR) is 106 cm³/mol. The molecule has 0 aromatic heterocycles. The molecule has 0 amide bonds. The van der Waals surface area contributed by atoms with Crippen molar-refractivity contribution in [2.75, 3.05) is 32.4 Å². The van der Waals surface area contributed by atoms with E-state index in [9.17, 15) is 8.42 Å². The summed E-state index contributed by atoms with van der Waals surface area (Å²) < 4.78 is 25.3. The van der Waals surface area contributed by atoms with Crippen molar-refractivity contribution in [1.82, 2.24) is 15.4 Å². The van der Waals surface area contributed by atoms with E-state index in [1.54, 1.807) is 14.0 Å². The Morgan fingerprint density at radius 2 is 1.96 bits per heavy atom. The van der Waals surface area contributed by atoms with E-state index in [4.69, 9.17) is 11.6 Å². The van der Waals surface area contributed by atoms with Crippen LogP contribution in [0.2, 0.25) is 5.02 Å². The van der Waals surface area contributed by atoms with Gasteiger partial charge in [-0.15, -0.1) is 0 Å². The molecule has 0 atom stereocenters. The van der Waals surface area contributed by atoms with Crippen molar-refractivity contribution < 1.29 is 8.42 Å². The zero-order chi connectivity index (χ0) is 18.9. The van der Waals surface area contributed by atoms with Crippen LogP contribution in [0.1, 0.15) is 26.3 Å². The lowest BCUT2D eigenvalue weighted by Crippen LogP contribution is -2.45. The molecule has 0 saturated carbocycles. The van der Waals surface area contributed by atoms with Gasteiger partial charge in [0.05, 0.1) is 5.75 Å². The molecule has 0 heterocycles. The fourth-order valence-electron chi connectivity index (χ4n) is 2.30. The summed E-state index contributed by atoms with van der Waals surface area (Å²) in [6.45, 7) is 7.46. The highest BCUT2D eigenvalue weighted by atomic mass is 35.5. The van der Waals surface area contributed by atoms with Gasteiger partial charge in [0, 0.05) is 31.7 Å². The Bertz CT molecular complexity index is 675. The predicted octanol–water partition coefficient (Wildman–Crippen LogP) is 2.01. The van der Waals surface area contributed by atoms with Gasteiger partial charge in [0.1, 0.15) is 0 Å². The van der Waals surface area contributed by atoms with Crippen molar-refractivity contribution in [3.63, 3.8) is 0 Å². The van der Waals surface area contributed by atoms with Crippen LogP contribution in [-0.4, -0.2) is 46.8 Å². The van der Waals surface area contributed by atoms with E-state index in [2.05, 4.69) is 40.3 Å². The molecule has 1 aromatic rings. The van der Waals surface area contributed by atoms with Gasteiger partial charge in [-0.1, -0.05) is 37.6 Å². The lowest BCUT2D eigenvalue weighted by atomic mass is 9.86. The summed E-state index contributed by atoms with van der Waals surface area (Å²) in [6, 6.07) is 7.88. The average molecular weight is 389 g/mol. The zero-order valence-electron chi connectivity index (χ0n) is 15.4. The number of guanidine groups is 1. The number of rotatable bonds is 9. The molecule has 0 spiro atoms. The molecule has 3 N–H and O–H groups in total. The Labute approximate surface area is 156 Å². The summed E-state index contributed by atoms with van der Waals surface area (Å²) in [6.07, 6.45) is 0.883. The Balaban J connectivity index is 2.42. The van der Waals surface area contributed by atoms with Crippen molar-refractivity contribution >= 4 is 27.6 Å². The molecule has 0 aliphatic heterocycles. The normalized spacial score (nSPS) is 12.9. The second-order valence-electron chi connectivity index (χ2n) is 6.62. The molecule has 0 bridgehead atoms. The fourth-order valence-corrected chi connectivity index (χ4v) is 3.13. The van der Waals surface area contributed by atoms with Crippen LogP contribution in [0.4, 0.5) is 0 Å². The zero-order valence-corrected chi connectivity index (χ0v) is 17.0. The molecule has 1 rings (SSSR count). The van der Waals surface area contributed by atoms with E-state index in [1.165, 1.54) is 5.56 Å². The first kappa shape index (κ1) is 21.7. The van der Waals surface area contributed by atoms with Gasteiger partial charge < -0.3 is 10.6 Å². The number of halogens is 1. The van der Waals surface area contributed by atoms with Crippen LogP contribution in [0.3, 0.4) is 0 Å². The lowest BCUT2D eigenvalue weighted by Gasteiger charge is -2.26. The molecule has 0 unspecified atom stereocenters. The molecular weight excluding hydrogens is 360 g/mol. The molecule has 0 radical (unpaired) electrons. The summed E-state index contributed by atoms with van der Waals surface area (Å²) >= 11 is 6.04. The van der Waals surface area contributed by atoms with E-state index in [0.717, 1.165) is 18.0 Å². The average Bonchev–Trinajstić information content (AvgIpc) is 2.53. The van der Waals surface area contributed by atoms with E-state index in [0.29, 0.717) is 19.0 Å². The van der Waals surface area contributed by atoms with Gasteiger partial charge in [-0.25, -0.2) is 13.1 Å². The summed E-state index contributed by atoms with van der Waals surface area (Å²) in [5, 5.41) is 7.13. The van der Waals surface area contributed by atoms with Crippen molar-refractivity contribution in [1.29, 1.82) is 0 Å². The Kier molecular flexibility index (Phi) is 8.68. The number of nitrogens with one attached hydrogen (secondary N) is 3. The van der Waals surface area contributed by atoms with Crippen LogP contribution >= 0.6 is 11.6 Å². The van der Waals surface area contributed by atoms with Crippen LogP contribution in [0.5, 0.6) is 0 Å². The molecule has 25 heavy (non-hydrogen) atoms. The molecule has 142 valence electrons. The highest BCUT2D eigenvalue weighted by Gasteiger charge is 2.19. The van der Waals surface area contributed by atoms with Crippen LogP contribution in [0.25, 0.3) is 0 Å². The van der Waals surface area contributed by atoms with Gasteiger partial charge in [0.15, 0.2) is 5.96 Å². The van der Waals surface area contributed by atoms with Crippen LogP contribution < -0.4 is 15.4 Å². The number of nitrogens with zero attached hydrogens (tertiary/aromatic N) is 1. The van der Waals surface area contributed by atoms with Crippen molar-refractivity contribution in [3.8, 4) is 0 Å². The largest absolute Gasteiger partial charge is 0.356 e. The van der Waals surface area contributed by atoms with Gasteiger partial charge >= 0.3 is 0 Å².